The molecule has 1 heterocycles. The lowest BCUT2D eigenvalue weighted by molar-refractivity contribution is -0.123. The molecule has 1 aromatic carbocycles. The second kappa shape index (κ2) is 5.89. The van der Waals surface area contributed by atoms with Gasteiger partial charge in [-0.2, -0.15) is 0 Å². The van der Waals surface area contributed by atoms with E-state index >= 15 is 0 Å². The molecule has 0 unspecified atom stereocenters. The Hall–Kier alpha value is -1.46. The molecule has 1 aliphatic rings. The van der Waals surface area contributed by atoms with Gasteiger partial charge in [-0.1, -0.05) is 23.2 Å². The van der Waals surface area contributed by atoms with Crippen molar-refractivity contribution >= 4 is 40.7 Å². The summed E-state index contributed by atoms with van der Waals surface area (Å²) >= 11 is 12.0. The first-order chi connectivity index (χ1) is 9.40. The molecule has 20 heavy (non-hydrogen) atoms. The molecule has 2 rings (SSSR count). The van der Waals surface area contributed by atoms with Gasteiger partial charge in [0, 0.05) is 24.7 Å². The van der Waals surface area contributed by atoms with Crippen molar-refractivity contribution in [2.75, 3.05) is 18.8 Å². The number of hydrogen-bond acceptors (Lipinski definition) is 3. The number of likely N-dealkylation sites (tertiary alicyclic amines) is 1. The maximum atomic E-state index is 12.4. The van der Waals surface area contributed by atoms with Crippen LogP contribution in [0.5, 0.6) is 0 Å². The molecule has 1 fully saturated rings. The third kappa shape index (κ3) is 2.99. The van der Waals surface area contributed by atoms with Crippen molar-refractivity contribution in [1.29, 1.82) is 0 Å². The van der Waals surface area contributed by atoms with E-state index < -0.39 is 0 Å². The van der Waals surface area contributed by atoms with Crippen LogP contribution in [0.2, 0.25) is 10.0 Å². The van der Waals surface area contributed by atoms with Crippen LogP contribution in [0.1, 0.15) is 23.2 Å². The highest BCUT2D eigenvalue weighted by atomic mass is 35.5. The number of amides is 2. The fourth-order valence-electron chi connectivity index (χ4n) is 2.30. The predicted octanol–water partition coefficient (Wildman–Crippen LogP) is 1.91. The minimum atomic E-state index is -0.317. The molecule has 0 bridgehead atoms. The Kier molecular flexibility index (Phi) is 4.40. The van der Waals surface area contributed by atoms with Crippen LogP contribution in [0.4, 0.5) is 5.69 Å². The van der Waals surface area contributed by atoms with Crippen LogP contribution in [0.15, 0.2) is 12.1 Å². The maximum absolute atomic E-state index is 12.4. The van der Waals surface area contributed by atoms with E-state index in [2.05, 4.69) is 0 Å². The van der Waals surface area contributed by atoms with Gasteiger partial charge in [-0.3, -0.25) is 9.59 Å². The largest absolute Gasteiger partial charge is 0.399 e. The SMILES string of the molecule is NC(=O)C1CCN(C(=O)c2cc(N)cc(Cl)c2Cl)CC1. The van der Waals surface area contributed by atoms with E-state index in [9.17, 15) is 9.59 Å². The van der Waals surface area contributed by atoms with Gasteiger partial charge in [-0.25, -0.2) is 0 Å². The normalized spacial score (nSPS) is 16.2. The average molecular weight is 316 g/mol. The first kappa shape index (κ1) is 14.9. The van der Waals surface area contributed by atoms with Gasteiger partial charge in [-0.05, 0) is 25.0 Å². The van der Waals surface area contributed by atoms with Gasteiger partial charge in [0.15, 0.2) is 0 Å². The van der Waals surface area contributed by atoms with E-state index in [1.165, 1.54) is 12.1 Å². The fourth-order valence-corrected chi connectivity index (χ4v) is 2.72. The van der Waals surface area contributed by atoms with Gasteiger partial charge in [0.2, 0.25) is 5.91 Å². The minimum Gasteiger partial charge on any atom is -0.399 e. The summed E-state index contributed by atoms with van der Waals surface area (Å²) in [4.78, 5) is 25.2. The summed E-state index contributed by atoms with van der Waals surface area (Å²) in [7, 11) is 0. The zero-order valence-electron chi connectivity index (χ0n) is 10.7. The van der Waals surface area contributed by atoms with Crippen LogP contribution in [-0.4, -0.2) is 29.8 Å². The lowest BCUT2D eigenvalue weighted by atomic mass is 9.96. The summed E-state index contributed by atoms with van der Waals surface area (Å²) in [6.45, 7) is 0.935. The molecular weight excluding hydrogens is 301 g/mol. The van der Waals surface area contributed by atoms with Crippen molar-refractivity contribution < 1.29 is 9.59 Å². The van der Waals surface area contributed by atoms with E-state index in [0.29, 0.717) is 31.6 Å². The highest BCUT2D eigenvalue weighted by Crippen LogP contribution is 2.30. The van der Waals surface area contributed by atoms with Crippen LogP contribution in [0, 0.1) is 5.92 Å². The number of piperidine rings is 1. The molecular formula is C13H15Cl2N3O2. The summed E-state index contributed by atoms with van der Waals surface area (Å²) in [5, 5.41) is 0.449. The second-order valence-electron chi connectivity index (χ2n) is 4.83. The number of primary amides is 1. The van der Waals surface area contributed by atoms with Crippen molar-refractivity contribution in [3.63, 3.8) is 0 Å². The molecule has 0 radical (unpaired) electrons. The molecule has 1 aromatic rings. The maximum Gasteiger partial charge on any atom is 0.255 e. The van der Waals surface area contributed by atoms with Gasteiger partial charge in [0.25, 0.3) is 5.91 Å². The minimum absolute atomic E-state index is 0.168. The van der Waals surface area contributed by atoms with E-state index in [1.807, 2.05) is 0 Å². The average Bonchev–Trinajstić information content (AvgIpc) is 2.42. The molecule has 5 nitrogen and oxygen atoms in total. The van der Waals surface area contributed by atoms with Crippen molar-refractivity contribution in [2.45, 2.75) is 12.8 Å². The van der Waals surface area contributed by atoms with Gasteiger partial charge in [0.1, 0.15) is 0 Å². The van der Waals surface area contributed by atoms with Crippen LogP contribution in [0.3, 0.4) is 0 Å². The molecule has 0 aliphatic carbocycles. The summed E-state index contributed by atoms with van der Waals surface area (Å²) < 4.78 is 0. The summed E-state index contributed by atoms with van der Waals surface area (Å²) in [6, 6.07) is 3.01. The van der Waals surface area contributed by atoms with Crippen LogP contribution >= 0.6 is 23.2 Å². The Morgan fingerprint density at radius 3 is 2.35 bits per heavy atom. The Morgan fingerprint density at radius 1 is 1.20 bits per heavy atom. The Labute approximate surface area is 126 Å². The highest BCUT2D eigenvalue weighted by Gasteiger charge is 2.27. The lowest BCUT2D eigenvalue weighted by Gasteiger charge is -2.31. The van der Waals surface area contributed by atoms with Crippen LogP contribution in [0.25, 0.3) is 0 Å². The van der Waals surface area contributed by atoms with E-state index in [1.54, 1.807) is 4.90 Å². The number of anilines is 1. The molecule has 0 saturated carbocycles. The standard InChI is InChI=1S/C13H15Cl2N3O2/c14-10-6-8(16)5-9(11(10)15)13(20)18-3-1-7(2-4-18)12(17)19/h5-7H,1-4,16H2,(H2,17,19). The van der Waals surface area contributed by atoms with E-state index in [0.717, 1.165) is 0 Å². The molecule has 0 spiro atoms. The number of nitrogens with zero attached hydrogens (tertiary/aromatic N) is 1. The number of nitrogen functional groups attached to an aromatic ring is 1. The third-order valence-corrected chi connectivity index (χ3v) is 4.27. The molecule has 1 saturated heterocycles. The third-order valence-electron chi connectivity index (χ3n) is 3.47. The monoisotopic (exact) mass is 315 g/mol. The summed E-state index contributed by atoms with van der Waals surface area (Å²) in [6.07, 6.45) is 1.13. The molecule has 2 amide bonds. The summed E-state index contributed by atoms with van der Waals surface area (Å²) in [5.41, 5.74) is 11.6. The molecule has 0 atom stereocenters. The number of carbonyl (C=O) groups is 2. The number of hydrogen-bond donors (Lipinski definition) is 2. The Morgan fingerprint density at radius 2 is 1.80 bits per heavy atom. The molecule has 4 N–H and O–H groups in total. The highest BCUT2D eigenvalue weighted by molar-refractivity contribution is 6.44. The number of rotatable bonds is 2. The van der Waals surface area contributed by atoms with E-state index in [-0.39, 0.29) is 33.3 Å². The lowest BCUT2D eigenvalue weighted by Crippen LogP contribution is -2.41. The first-order valence-electron chi connectivity index (χ1n) is 6.23. The zero-order valence-corrected chi connectivity index (χ0v) is 12.2. The van der Waals surface area contributed by atoms with Crippen molar-refractivity contribution in [3.05, 3.63) is 27.7 Å². The Balaban J connectivity index is 2.15. The van der Waals surface area contributed by atoms with Crippen LogP contribution < -0.4 is 11.5 Å². The van der Waals surface area contributed by atoms with Gasteiger partial charge in [0.05, 0.1) is 15.6 Å². The molecule has 1 aliphatic heterocycles. The molecule has 7 heteroatoms. The van der Waals surface area contributed by atoms with Crippen molar-refractivity contribution in [1.82, 2.24) is 4.90 Å². The van der Waals surface area contributed by atoms with Crippen molar-refractivity contribution in [2.24, 2.45) is 11.7 Å². The summed E-state index contributed by atoms with van der Waals surface area (Å²) in [5.74, 6) is -0.715. The quantitative estimate of drug-likeness (QED) is 0.817. The van der Waals surface area contributed by atoms with Gasteiger partial charge in [-0.15, -0.1) is 0 Å². The number of benzene rings is 1. The van der Waals surface area contributed by atoms with Crippen LogP contribution in [-0.2, 0) is 4.79 Å². The predicted molar refractivity (Wildman–Crippen MR) is 78.7 cm³/mol. The molecule has 108 valence electrons. The fraction of sp³-hybridized carbons (Fsp3) is 0.385. The zero-order chi connectivity index (χ0) is 14.9. The number of nitrogens with two attached hydrogens (primary N) is 2. The topological polar surface area (TPSA) is 89.4 Å². The number of carbonyl (C=O) groups excluding carboxylic acids is 2. The van der Waals surface area contributed by atoms with Gasteiger partial charge < -0.3 is 16.4 Å². The second-order valence-corrected chi connectivity index (χ2v) is 5.62. The first-order valence-corrected chi connectivity index (χ1v) is 6.99. The Bertz CT molecular complexity index is 555. The van der Waals surface area contributed by atoms with Crippen molar-refractivity contribution in [3.8, 4) is 0 Å². The number of halogens is 2. The van der Waals surface area contributed by atoms with Gasteiger partial charge >= 0.3 is 0 Å². The smallest absolute Gasteiger partial charge is 0.255 e. The molecule has 0 aromatic heterocycles. The van der Waals surface area contributed by atoms with E-state index in [4.69, 9.17) is 34.7 Å².